The second-order valence-corrected chi connectivity index (χ2v) is 12.9. The molecule has 0 spiro atoms. The molecule has 4 heteroatoms. The smallest absolute Gasteiger partial charge is 0.0729 e. The Kier molecular flexibility index (Phi) is 12.9. The average molecular weight is 256 g/mol. The van der Waals surface area contributed by atoms with Gasteiger partial charge in [-0.25, -0.2) is 0 Å². The van der Waals surface area contributed by atoms with Crippen LogP contribution in [-0.2, 0) is 0 Å². The van der Waals surface area contributed by atoms with Gasteiger partial charge in [0.05, 0.1) is 5.53 Å². The first-order valence-corrected chi connectivity index (χ1v) is 11.1. The second-order valence-electron chi connectivity index (χ2n) is 2.72. The zero-order chi connectivity index (χ0) is 9.94. The summed E-state index contributed by atoms with van der Waals surface area (Å²) in [6.45, 7) is 6.82. The first-order chi connectivity index (χ1) is 6.35. The third-order valence-corrected chi connectivity index (χ3v) is 12.8. The van der Waals surface area contributed by atoms with Gasteiger partial charge in [0.1, 0.15) is 0 Å². The minimum atomic E-state index is 0.172. The van der Waals surface area contributed by atoms with E-state index in [2.05, 4.69) is 54.9 Å². The van der Waals surface area contributed by atoms with Crippen LogP contribution >= 0.6 is 39.7 Å². The van der Waals surface area contributed by atoms with Crippen LogP contribution in [0.25, 0.3) is 0 Å². The summed E-state index contributed by atoms with van der Waals surface area (Å²) in [6, 6.07) is 0. The van der Waals surface area contributed by atoms with E-state index in [1.165, 1.54) is 36.5 Å². The van der Waals surface area contributed by atoms with Crippen LogP contribution in [0.4, 0.5) is 0 Å². The Balaban J connectivity index is 3.47. The maximum Gasteiger partial charge on any atom is 0.0729 e. The Morgan fingerprint density at radius 3 is 1.23 bits per heavy atom. The van der Waals surface area contributed by atoms with E-state index in [0.717, 1.165) is 0 Å². The molecule has 0 N–H and O–H groups in total. The summed E-state index contributed by atoms with van der Waals surface area (Å²) in [6.07, 6.45) is 3.97. The lowest BCUT2D eigenvalue weighted by molar-refractivity contribution is 1.11. The van der Waals surface area contributed by atoms with Crippen molar-refractivity contribution in [1.82, 2.24) is 0 Å². The van der Waals surface area contributed by atoms with Crippen LogP contribution in [0.2, 0.25) is 0 Å². The molecule has 0 aromatic rings. The van der Waals surface area contributed by atoms with E-state index in [1.54, 1.807) is 0 Å². The summed E-state index contributed by atoms with van der Waals surface area (Å²) in [5.41, 5.74) is 0.172. The predicted molar refractivity (Wildman–Crippen MR) is 75.2 cm³/mol. The second kappa shape index (κ2) is 11.6. The molecule has 0 saturated carbocycles. The van der Waals surface area contributed by atoms with E-state index in [1.807, 2.05) is 0 Å². The van der Waals surface area contributed by atoms with Crippen molar-refractivity contribution in [2.75, 3.05) is 17.3 Å². The maximum atomic E-state index is 2.27. The Morgan fingerprint density at radius 2 is 1.00 bits per heavy atom. The van der Waals surface area contributed by atoms with E-state index >= 15 is 0 Å². The van der Waals surface area contributed by atoms with Crippen molar-refractivity contribution >= 4 is 39.7 Å². The van der Waals surface area contributed by atoms with Gasteiger partial charge in [0, 0.05) is 0 Å². The molecule has 0 saturated heterocycles. The molecule has 0 aromatic carbocycles. The molecule has 0 rings (SSSR count). The van der Waals surface area contributed by atoms with Crippen molar-refractivity contribution in [2.45, 2.75) is 40.0 Å². The zero-order valence-corrected chi connectivity index (χ0v) is 12.3. The molecule has 13 heavy (non-hydrogen) atoms. The molecule has 0 aromatic heterocycles. The molecule has 0 bridgehead atoms. The van der Waals surface area contributed by atoms with Crippen LogP contribution in [0.1, 0.15) is 40.0 Å². The van der Waals surface area contributed by atoms with Crippen molar-refractivity contribution in [3.63, 3.8) is 0 Å². The van der Waals surface area contributed by atoms with Gasteiger partial charge in [0.15, 0.2) is 0 Å². The maximum absolute atomic E-state index is 2.27. The van der Waals surface area contributed by atoms with Crippen molar-refractivity contribution in [1.29, 1.82) is 0 Å². The topological polar surface area (TPSA) is 0 Å². The van der Waals surface area contributed by atoms with Crippen LogP contribution in [-0.4, -0.2) is 17.3 Å². The third-order valence-electron chi connectivity index (χ3n) is 1.20. The SMILES string of the molecule is CCCSP(SCCC)SCCC. The van der Waals surface area contributed by atoms with Crippen molar-refractivity contribution in [3.05, 3.63) is 0 Å². The summed E-state index contributed by atoms with van der Waals surface area (Å²) in [7, 11) is 0. The first kappa shape index (κ1) is 14.5. The van der Waals surface area contributed by atoms with E-state index in [9.17, 15) is 0 Å². The fraction of sp³-hybridized carbons (Fsp3) is 1.00. The van der Waals surface area contributed by atoms with Gasteiger partial charge in [-0.2, -0.15) is 0 Å². The summed E-state index contributed by atoms with van der Waals surface area (Å²) >= 11 is 6.58. The van der Waals surface area contributed by atoms with Gasteiger partial charge in [-0.3, -0.25) is 0 Å². The molecule has 0 aliphatic rings. The van der Waals surface area contributed by atoms with Crippen LogP contribution in [0.15, 0.2) is 0 Å². The quantitative estimate of drug-likeness (QED) is 0.490. The number of rotatable bonds is 9. The molecule has 0 atom stereocenters. The highest BCUT2D eigenvalue weighted by Gasteiger charge is 2.08. The normalized spacial score (nSPS) is 11.1. The zero-order valence-electron chi connectivity index (χ0n) is 8.91. The molecule has 0 unspecified atom stereocenters. The largest absolute Gasteiger partial charge is 0.112 e. The van der Waals surface area contributed by atoms with Gasteiger partial charge in [0.2, 0.25) is 0 Å². The fourth-order valence-corrected chi connectivity index (χ4v) is 11.5. The van der Waals surface area contributed by atoms with Crippen LogP contribution < -0.4 is 0 Å². The Morgan fingerprint density at radius 1 is 0.692 bits per heavy atom. The van der Waals surface area contributed by atoms with E-state index in [-0.39, 0.29) is 5.53 Å². The number of hydrogen-bond donors (Lipinski definition) is 0. The predicted octanol–water partition coefficient (Wildman–Crippen LogP) is 5.64. The van der Waals surface area contributed by atoms with Gasteiger partial charge < -0.3 is 0 Å². The molecule has 0 aliphatic carbocycles. The molecule has 0 aliphatic heterocycles. The van der Waals surface area contributed by atoms with Gasteiger partial charge in [-0.05, 0) is 36.5 Å². The minimum Gasteiger partial charge on any atom is -0.112 e. The first-order valence-electron chi connectivity index (χ1n) is 5.04. The average Bonchev–Trinajstić information content (AvgIpc) is 2.17. The van der Waals surface area contributed by atoms with Crippen molar-refractivity contribution < 1.29 is 0 Å². The van der Waals surface area contributed by atoms with Crippen LogP contribution in [0, 0.1) is 0 Å². The standard InChI is InChI=1S/C9H21PS3/c1-4-7-11-10(12-8-5-2)13-9-6-3/h4-9H2,1-3H3. The highest BCUT2D eigenvalue weighted by atomic mass is 33.4. The molecule has 0 fully saturated rings. The van der Waals surface area contributed by atoms with Gasteiger partial charge in [-0.15, -0.1) is 34.1 Å². The van der Waals surface area contributed by atoms with Gasteiger partial charge in [0.25, 0.3) is 0 Å². The Hall–Kier alpha value is 1.48. The Bertz CT molecular complexity index is 81.8. The molecule has 0 nitrogen and oxygen atoms in total. The lowest BCUT2D eigenvalue weighted by Gasteiger charge is -2.13. The highest BCUT2D eigenvalue weighted by molar-refractivity contribution is 9.12. The molecule has 0 amide bonds. The highest BCUT2D eigenvalue weighted by Crippen LogP contribution is 2.70. The van der Waals surface area contributed by atoms with Crippen molar-refractivity contribution in [2.24, 2.45) is 0 Å². The van der Waals surface area contributed by atoms with E-state index < -0.39 is 0 Å². The van der Waals surface area contributed by atoms with Crippen LogP contribution in [0.5, 0.6) is 0 Å². The molecular weight excluding hydrogens is 235 g/mol. The summed E-state index contributed by atoms with van der Waals surface area (Å²) < 4.78 is 0. The van der Waals surface area contributed by atoms with Gasteiger partial charge >= 0.3 is 0 Å². The molecule has 0 radical (unpaired) electrons. The third kappa shape index (κ3) is 9.78. The van der Waals surface area contributed by atoms with Gasteiger partial charge in [-0.1, -0.05) is 20.8 Å². The minimum absolute atomic E-state index is 0.172. The summed E-state index contributed by atoms with van der Waals surface area (Å²) in [4.78, 5) is 0. The lowest BCUT2D eigenvalue weighted by Crippen LogP contribution is -1.74. The number of hydrogen-bond acceptors (Lipinski definition) is 3. The molecule has 80 valence electrons. The Labute approximate surface area is 96.8 Å². The monoisotopic (exact) mass is 256 g/mol. The molecule has 0 heterocycles. The lowest BCUT2D eigenvalue weighted by atomic mass is 10.6. The fourth-order valence-electron chi connectivity index (χ4n) is 0.609. The molecular formula is C9H21PS3. The summed E-state index contributed by atoms with van der Waals surface area (Å²) in [5.74, 6) is 4.04. The van der Waals surface area contributed by atoms with E-state index in [4.69, 9.17) is 0 Å². The summed E-state index contributed by atoms with van der Waals surface area (Å²) in [5, 5.41) is 0. The van der Waals surface area contributed by atoms with E-state index in [0.29, 0.717) is 0 Å². The van der Waals surface area contributed by atoms with Crippen LogP contribution in [0.3, 0.4) is 0 Å². The van der Waals surface area contributed by atoms with Crippen molar-refractivity contribution in [3.8, 4) is 0 Å².